The van der Waals surface area contributed by atoms with E-state index < -0.39 is 6.29 Å². The van der Waals surface area contributed by atoms with Crippen molar-refractivity contribution < 1.29 is 14.6 Å². The van der Waals surface area contributed by atoms with Gasteiger partial charge in [-0.15, -0.1) is 0 Å². The molecule has 0 amide bonds. The molecule has 1 N–H and O–H groups in total. The Hall–Kier alpha value is -0.120. The summed E-state index contributed by atoms with van der Waals surface area (Å²) in [6.07, 6.45) is -0.722. The number of methoxy groups -OCH3 is 1. The van der Waals surface area contributed by atoms with Gasteiger partial charge in [0.25, 0.3) is 0 Å². The van der Waals surface area contributed by atoms with Crippen molar-refractivity contribution in [2.45, 2.75) is 13.2 Å². The van der Waals surface area contributed by atoms with Crippen molar-refractivity contribution in [2.75, 3.05) is 13.9 Å². The van der Waals surface area contributed by atoms with Crippen LogP contribution in [0.15, 0.2) is 0 Å². The third kappa shape index (κ3) is 5.88. The zero-order chi connectivity index (χ0) is 5.70. The van der Waals surface area contributed by atoms with Crippen molar-refractivity contribution in [3.05, 3.63) is 0 Å². The summed E-state index contributed by atoms with van der Waals surface area (Å²) in [7, 11) is 1.50. The predicted molar refractivity (Wildman–Crippen MR) is 24.6 cm³/mol. The lowest BCUT2D eigenvalue weighted by atomic mass is 10.8. The minimum absolute atomic E-state index is 0.150. The van der Waals surface area contributed by atoms with Crippen LogP contribution in [0, 0.1) is 0 Å². The lowest BCUT2D eigenvalue weighted by Crippen LogP contribution is -2.07. The van der Waals surface area contributed by atoms with Crippen LogP contribution < -0.4 is 0 Å². The number of aliphatic hydroxyl groups is 1. The number of ether oxygens (including phenoxy) is 2. The van der Waals surface area contributed by atoms with Crippen molar-refractivity contribution in [3.63, 3.8) is 0 Å². The number of aliphatic hydroxyl groups excluding tert-OH is 1. The molecule has 0 saturated heterocycles. The minimum atomic E-state index is -0.722. The first-order valence-electron chi connectivity index (χ1n) is 2.06. The van der Waals surface area contributed by atoms with Crippen LogP contribution in [0.5, 0.6) is 0 Å². The maximum Gasteiger partial charge on any atom is 0.154 e. The SMILES string of the molecule is COCOC(C)O. The highest BCUT2D eigenvalue weighted by molar-refractivity contribution is 4.14. The van der Waals surface area contributed by atoms with Crippen LogP contribution in [0.3, 0.4) is 0 Å². The van der Waals surface area contributed by atoms with Crippen LogP contribution in [0.2, 0.25) is 0 Å². The fraction of sp³-hybridized carbons (Fsp3) is 1.00. The summed E-state index contributed by atoms with van der Waals surface area (Å²) in [5.41, 5.74) is 0. The Morgan fingerprint density at radius 2 is 2.29 bits per heavy atom. The molecule has 0 bridgehead atoms. The van der Waals surface area contributed by atoms with Crippen LogP contribution >= 0.6 is 0 Å². The Bertz CT molecular complexity index is 35.9. The van der Waals surface area contributed by atoms with Gasteiger partial charge < -0.3 is 14.6 Å². The smallest absolute Gasteiger partial charge is 0.154 e. The second kappa shape index (κ2) is 4.05. The Morgan fingerprint density at radius 1 is 1.71 bits per heavy atom. The molecule has 1 atom stereocenters. The maximum absolute atomic E-state index is 8.38. The molecule has 0 fully saturated rings. The Kier molecular flexibility index (Phi) is 3.98. The van der Waals surface area contributed by atoms with Crippen LogP contribution in [-0.4, -0.2) is 25.3 Å². The van der Waals surface area contributed by atoms with Gasteiger partial charge in [-0.05, 0) is 6.92 Å². The molecule has 3 heteroatoms. The van der Waals surface area contributed by atoms with Gasteiger partial charge in [0, 0.05) is 7.11 Å². The summed E-state index contributed by atoms with van der Waals surface area (Å²) in [5.74, 6) is 0. The van der Waals surface area contributed by atoms with E-state index in [-0.39, 0.29) is 6.79 Å². The third-order valence-electron chi connectivity index (χ3n) is 0.427. The minimum Gasteiger partial charge on any atom is -0.368 e. The van der Waals surface area contributed by atoms with E-state index in [9.17, 15) is 0 Å². The third-order valence-corrected chi connectivity index (χ3v) is 0.427. The van der Waals surface area contributed by atoms with Gasteiger partial charge >= 0.3 is 0 Å². The van der Waals surface area contributed by atoms with Crippen molar-refractivity contribution in [2.24, 2.45) is 0 Å². The van der Waals surface area contributed by atoms with Gasteiger partial charge in [0.05, 0.1) is 0 Å². The molecular weight excluding hydrogens is 96.0 g/mol. The first-order chi connectivity index (χ1) is 3.27. The molecule has 1 unspecified atom stereocenters. The van der Waals surface area contributed by atoms with Crippen molar-refractivity contribution in [3.8, 4) is 0 Å². The lowest BCUT2D eigenvalue weighted by Gasteiger charge is -2.02. The second-order valence-corrected chi connectivity index (χ2v) is 1.17. The molecule has 0 aromatic heterocycles. The molecule has 0 rings (SSSR count). The topological polar surface area (TPSA) is 38.7 Å². The maximum atomic E-state index is 8.38. The fourth-order valence-corrected chi connectivity index (χ4v) is 0.167. The quantitative estimate of drug-likeness (QED) is 0.512. The lowest BCUT2D eigenvalue weighted by molar-refractivity contribution is -0.150. The molecule has 0 saturated carbocycles. The molecule has 0 aromatic rings. The average Bonchev–Trinajstić information content (AvgIpc) is 1.61. The van der Waals surface area contributed by atoms with Gasteiger partial charge in [-0.3, -0.25) is 0 Å². The largest absolute Gasteiger partial charge is 0.368 e. The molecule has 0 heterocycles. The highest BCUT2D eigenvalue weighted by Gasteiger charge is 1.88. The van der Waals surface area contributed by atoms with Gasteiger partial charge in [0.15, 0.2) is 6.29 Å². The average molecular weight is 106 g/mol. The van der Waals surface area contributed by atoms with Crippen LogP contribution in [0.1, 0.15) is 6.92 Å². The first-order valence-corrected chi connectivity index (χ1v) is 2.06. The molecule has 0 spiro atoms. The van der Waals surface area contributed by atoms with Gasteiger partial charge in [0.2, 0.25) is 0 Å². The Morgan fingerprint density at radius 3 is 2.43 bits per heavy atom. The van der Waals surface area contributed by atoms with E-state index in [2.05, 4.69) is 9.47 Å². The summed E-state index contributed by atoms with van der Waals surface area (Å²) in [5, 5.41) is 8.38. The molecule has 44 valence electrons. The Labute approximate surface area is 42.9 Å². The summed E-state index contributed by atoms with van der Waals surface area (Å²) in [6.45, 7) is 1.68. The molecule has 3 nitrogen and oxygen atoms in total. The highest BCUT2D eigenvalue weighted by atomic mass is 16.7. The van der Waals surface area contributed by atoms with E-state index in [0.29, 0.717) is 0 Å². The standard InChI is InChI=1S/C4H10O3/c1-4(5)7-3-6-2/h4-5H,3H2,1-2H3. The monoisotopic (exact) mass is 106 g/mol. The van der Waals surface area contributed by atoms with Crippen LogP contribution in [-0.2, 0) is 9.47 Å². The van der Waals surface area contributed by atoms with E-state index in [1.807, 2.05) is 0 Å². The van der Waals surface area contributed by atoms with Gasteiger partial charge in [-0.25, -0.2) is 0 Å². The number of rotatable bonds is 3. The second-order valence-electron chi connectivity index (χ2n) is 1.17. The summed E-state index contributed by atoms with van der Waals surface area (Å²) < 4.78 is 8.99. The zero-order valence-electron chi connectivity index (χ0n) is 4.55. The summed E-state index contributed by atoms with van der Waals surface area (Å²) in [6, 6.07) is 0. The summed E-state index contributed by atoms with van der Waals surface area (Å²) in [4.78, 5) is 0. The molecule has 0 aromatic carbocycles. The molecule has 0 aliphatic carbocycles. The predicted octanol–water partition coefficient (Wildman–Crippen LogP) is -0.0548. The Balaban J connectivity index is 2.68. The van der Waals surface area contributed by atoms with E-state index in [0.717, 1.165) is 0 Å². The van der Waals surface area contributed by atoms with E-state index in [1.54, 1.807) is 0 Å². The van der Waals surface area contributed by atoms with Crippen molar-refractivity contribution in [1.29, 1.82) is 0 Å². The van der Waals surface area contributed by atoms with Crippen LogP contribution in [0.4, 0.5) is 0 Å². The molecule has 0 aliphatic rings. The number of hydrogen-bond donors (Lipinski definition) is 1. The summed E-state index contributed by atoms with van der Waals surface area (Å²) >= 11 is 0. The molecule has 7 heavy (non-hydrogen) atoms. The van der Waals surface area contributed by atoms with Crippen LogP contribution in [0.25, 0.3) is 0 Å². The first kappa shape index (κ1) is 6.88. The van der Waals surface area contributed by atoms with Gasteiger partial charge in [0.1, 0.15) is 6.79 Å². The highest BCUT2D eigenvalue weighted by Crippen LogP contribution is 1.80. The normalized spacial score (nSPS) is 14.1. The van der Waals surface area contributed by atoms with Gasteiger partial charge in [-0.1, -0.05) is 0 Å². The molecular formula is C4H10O3. The van der Waals surface area contributed by atoms with Crippen molar-refractivity contribution in [1.82, 2.24) is 0 Å². The molecule has 0 aliphatic heterocycles. The van der Waals surface area contributed by atoms with Crippen molar-refractivity contribution >= 4 is 0 Å². The van der Waals surface area contributed by atoms with Gasteiger partial charge in [-0.2, -0.15) is 0 Å². The number of hydrogen-bond acceptors (Lipinski definition) is 3. The molecule has 0 radical (unpaired) electrons. The zero-order valence-corrected chi connectivity index (χ0v) is 4.55. The fourth-order valence-electron chi connectivity index (χ4n) is 0.167. The van der Waals surface area contributed by atoms with E-state index >= 15 is 0 Å². The van der Waals surface area contributed by atoms with E-state index in [4.69, 9.17) is 5.11 Å². The van der Waals surface area contributed by atoms with E-state index in [1.165, 1.54) is 14.0 Å².